The van der Waals surface area contributed by atoms with Gasteiger partial charge in [-0.05, 0) is 95.2 Å². The van der Waals surface area contributed by atoms with Gasteiger partial charge in [0.15, 0.2) is 0 Å². The minimum absolute atomic E-state index is 0.206. The predicted molar refractivity (Wildman–Crippen MR) is 248 cm³/mol. The maximum atomic E-state index is 17.2. The minimum Gasteiger partial charge on any atom is -0.194 e. The number of hydrogen-bond donors (Lipinski definition) is 0. The molecule has 1 aliphatic carbocycles. The van der Waals surface area contributed by atoms with Crippen LogP contribution in [0.25, 0.3) is 50.2 Å². The Morgan fingerprint density at radius 1 is 0.356 bits per heavy atom. The Labute approximate surface area is 368 Å². The molecule has 0 aromatic carbocycles. The third-order valence-corrected chi connectivity index (χ3v) is 20.1. The fourth-order valence-electron chi connectivity index (χ4n) is 7.29. The van der Waals surface area contributed by atoms with Crippen LogP contribution in [0.4, 0.5) is 26.3 Å². The zero-order valence-electron chi connectivity index (χ0n) is 35.8. The molecule has 0 radical (unpaired) electrons. The molecule has 0 spiro atoms. The van der Waals surface area contributed by atoms with Gasteiger partial charge in [0.05, 0.1) is 9.75 Å². The lowest BCUT2D eigenvalue weighted by molar-refractivity contribution is -0.254. The van der Waals surface area contributed by atoms with Gasteiger partial charge in [-0.25, -0.2) is 0 Å². The van der Waals surface area contributed by atoms with Crippen molar-refractivity contribution in [3.05, 3.63) is 90.3 Å². The average molecular weight is 921 g/mol. The highest BCUT2D eigenvalue weighted by Gasteiger charge is 2.81. The Bertz CT molecular complexity index is 2420. The van der Waals surface area contributed by atoms with Crippen molar-refractivity contribution in [1.29, 1.82) is 0 Å². The molecule has 0 aliphatic heterocycles. The molecular formula is C47H50F6S6. The molecule has 0 amide bonds. The fraction of sp³-hybridized carbons (Fsp3) is 0.447. The van der Waals surface area contributed by atoms with E-state index in [1.54, 1.807) is 13.8 Å². The SMILES string of the molecule is Cc1c(-c2ccc(C(C)(C)C)s2)sc(-c2ccc(C(C)(C)C)s2)c1C1=C(c2c(-c3ccc(C(C)(C)C)s3)sc(-c3ccc(C(C)(C)C)s3)c2C)C(F)(F)C(F)(F)C1(F)F. The van der Waals surface area contributed by atoms with Crippen molar-refractivity contribution in [3.63, 3.8) is 0 Å². The van der Waals surface area contributed by atoms with Crippen LogP contribution in [0.1, 0.15) is 125 Å². The Morgan fingerprint density at radius 3 is 0.814 bits per heavy atom. The van der Waals surface area contributed by atoms with Gasteiger partial charge in [-0.3, -0.25) is 0 Å². The summed E-state index contributed by atoms with van der Waals surface area (Å²) < 4.78 is 102. The first-order valence-corrected chi connectivity index (χ1v) is 24.4. The molecule has 59 heavy (non-hydrogen) atoms. The molecule has 1 aliphatic rings. The largest absolute Gasteiger partial charge is 0.380 e. The van der Waals surface area contributed by atoms with Crippen LogP contribution in [0.3, 0.4) is 0 Å². The molecule has 0 N–H and O–H groups in total. The molecular weight excluding hydrogens is 871 g/mol. The zero-order valence-corrected chi connectivity index (χ0v) is 40.7. The monoisotopic (exact) mass is 920 g/mol. The first-order chi connectivity index (χ1) is 26.9. The van der Waals surface area contributed by atoms with Gasteiger partial charge in [0.1, 0.15) is 0 Å². The van der Waals surface area contributed by atoms with Gasteiger partial charge in [0, 0.05) is 71.0 Å². The van der Waals surface area contributed by atoms with E-state index < -0.39 is 28.9 Å². The molecule has 0 bridgehead atoms. The zero-order chi connectivity index (χ0) is 43.8. The van der Waals surface area contributed by atoms with Crippen LogP contribution in [-0.4, -0.2) is 17.8 Å². The van der Waals surface area contributed by atoms with E-state index >= 15 is 26.3 Å². The number of halogens is 6. The van der Waals surface area contributed by atoms with Crippen molar-refractivity contribution < 1.29 is 26.3 Å². The molecule has 6 aromatic rings. The van der Waals surface area contributed by atoms with Crippen LogP contribution < -0.4 is 0 Å². The van der Waals surface area contributed by atoms with Crippen molar-refractivity contribution in [3.8, 4) is 39.0 Å². The van der Waals surface area contributed by atoms with Crippen LogP contribution in [0, 0.1) is 13.8 Å². The quantitative estimate of drug-likeness (QED) is 0.146. The van der Waals surface area contributed by atoms with Crippen molar-refractivity contribution in [2.75, 3.05) is 0 Å². The van der Waals surface area contributed by atoms with E-state index in [4.69, 9.17) is 0 Å². The van der Waals surface area contributed by atoms with Crippen LogP contribution >= 0.6 is 68.0 Å². The van der Waals surface area contributed by atoms with E-state index in [2.05, 4.69) is 41.5 Å². The average Bonchev–Trinajstić information content (AvgIpc) is 3.94. The summed E-state index contributed by atoms with van der Waals surface area (Å²) >= 11 is 8.19. The van der Waals surface area contributed by atoms with Crippen molar-refractivity contribution in [2.24, 2.45) is 0 Å². The van der Waals surface area contributed by atoms with Gasteiger partial charge in [-0.1, -0.05) is 83.1 Å². The second-order valence-electron chi connectivity index (χ2n) is 19.6. The summed E-state index contributed by atoms with van der Waals surface area (Å²) in [6, 6.07) is 15.3. The Morgan fingerprint density at radius 2 is 0.593 bits per heavy atom. The highest BCUT2D eigenvalue weighted by Crippen LogP contribution is 2.69. The summed E-state index contributed by atoms with van der Waals surface area (Å²) in [5.74, 6) is -16.2. The predicted octanol–water partition coefficient (Wildman–Crippen LogP) is 18.4. The molecule has 0 saturated carbocycles. The number of alkyl halides is 6. The topological polar surface area (TPSA) is 0 Å². The van der Waals surface area contributed by atoms with E-state index in [0.717, 1.165) is 29.3 Å². The second kappa shape index (κ2) is 14.3. The van der Waals surface area contributed by atoms with E-state index in [0.29, 0.717) is 29.3 Å². The third-order valence-electron chi connectivity index (χ3n) is 10.7. The molecule has 12 heteroatoms. The fourth-order valence-corrected chi connectivity index (χ4v) is 14.7. The number of hydrogen-bond acceptors (Lipinski definition) is 6. The summed E-state index contributed by atoms with van der Waals surface area (Å²) in [4.78, 5) is 8.50. The van der Waals surface area contributed by atoms with Crippen molar-refractivity contribution in [2.45, 2.75) is 136 Å². The summed E-state index contributed by atoms with van der Waals surface area (Å²) in [5.41, 5.74) is -3.48. The number of rotatable bonds is 6. The molecule has 7 rings (SSSR count). The van der Waals surface area contributed by atoms with Gasteiger partial charge in [0.2, 0.25) is 0 Å². The first kappa shape index (κ1) is 44.6. The molecule has 6 aromatic heterocycles. The molecule has 316 valence electrons. The number of allylic oxidation sites excluding steroid dienone is 2. The van der Waals surface area contributed by atoms with Gasteiger partial charge >= 0.3 is 17.8 Å². The van der Waals surface area contributed by atoms with Crippen LogP contribution in [0.2, 0.25) is 0 Å². The molecule has 6 heterocycles. The van der Waals surface area contributed by atoms with Crippen LogP contribution in [-0.2, 0) is 21.7 Å². The lowest BCUT2D eigenvalue weighted by atomic mass is 9.89. The summed E-state index contributed by atoms with van der Waals surface area (Å²) in [7, 11) is 0. The van der Waals surface area contributed by atoms with Gasteiger partial charge < -0.3 is 0 Å². The van der Waals surface area contributed by atoms with Gasteiger partial charge in [0.25, 0.3) is 0 Å². The lowest BCUT2D eigenvalue weighted by Crippen LogP contribution is -2.49. The van der Waals surface area contributed by atoms with Gasteiger partial charge in [-0.15, -0.1) is 68.0 Å². The van der Waals surface area contributed by atoms with E-state index in [9.17, 15) is 0 Å². The highest BCUT2D eigenvalue weighted by molar-refractivity contribution is 7.28. The molecule has 0 atom stereocenters. The third kappa shape index (κ3) is 7.31. The summed E-state index contributed by atoms with van der Waals surface area (Å²) in [5, 5.41) is 0. The summed E-state index contributed by atoms with van der Waals surface area (Å²) in [6.07, 6.45) is 0. The smallest absolute Gasteiger partial charge is 0.194 e. The molecule has 0 unspecified atom stereocenters. The first-order valence-electron chi connectivity index (χ1n) is 19.5. The Hall–Kier alpha value is -2.48. The van der Waals surface area contributed by atoms with Crippen LogP contribution in [0.5, 0.6) is 0 Å². The van der Waals surface area contributed by atoms with Gasteiger partial charge in [-0.2, -0.15) is 26.3 Å². The Balaban J connectivity index is 1.63. The molecule has 0 saturated heterocycles. The molecule has 0 nitrogen and oxygen atoms in total. The Kier molecular flexibility index (Phi) is 10.8. The minimum atomic E-state index is -5.72. The normalized spacial score (nSPS) is 17.2. The molecule has 0 fully saturated rings. The van der Waals surface area contributed by atoms with Crippen molar-refractivity contribution >= 4 is 79.2 Å². The maximum absolute atomic E-state index is 17.2. The summed E-state index contributed by atoms with van der Waals surface area (Å²) in [6.45, 7) is 27.9. The van der Waals surface area contributed by atoms with E-state index in [1.165, 1.54) is 68.0 Å². The highest BCUT2D eigenvalue weighted by atomic mass is 32.1. The second-order valence-corrected chi connectivity index (χ2v) is 26.0. The maximum Gasteiger partial charge on any atom is 0.380 e. The number of thiophene rings is 6. The van der Waals surface area contributed by atoms with E-state index in [-0.39, 0.29) is 43.9 Å². The standard InChI is InChI=1S/C47H50F6S6/c1-23-33(39(27-17-21-31(56-27)43(9,10)11)58-37(23)25-15-19-29(54-25)41(3,4)5)35-36(46(50,51)47(52,53)45(35,48)49)34-24(2)38(26-16-20-30(55-26)42(6,7)8)59-40(34)28-18-22-32(57-28)44(12,13)14/h15-22H,1-14H3. The van der Waals surface area contributed by atoms with E-state index in [1.807, 2.05) is 90.1 Å². The van der Waals surface area contributed by atoms with Crippen molar-refractivity contribution in [1.82, 2.24) is 0 Å². The van der Waals surface area contributed by atoms with Crippen LogP contribution in [0.15, 0.2) is 48.5 Å². The lowest BCUT2D eigenvalue weighted by Gasteiger charge is -2.26.